The van der Waals surface area contributed by atoms with Crippen molar-refractivity contribution in [1.82, 2.24) is 9.21 Å². The zero-order chi connectivity index (χ0) is 24.6. The molecule has 3 rings (SSSR count). The third-order valence-corrected chi connectivity index (χ3v) is 7.38. The average Bonchev–Trinajstić information content (AvgIpc) is 3.24. The van der Waals surface area contributed by atoms with E-state index in [2.05, 4.69) is 0 Å². The Morgan fingerprint density at radius 2 is 1.65 bits per heavy atom. The molecule has 3 aromatic rings. The maximum Gasteiger partial charge on any atom is 0.243 e. The summed E-state index contributed by atoms with van der Waals surface area (Å²) in [6, 6.07) is 20.2. The van der Waals surface area contributed by atoms with Gasteiger partial charge in [0, 0.05) is 20.2 Å². The molecule has 0 radical (unpaired) electrons. The number of ether oxygens (including phenoxy) is 1. The minimum Gasteiger partial charge on any atom is -0.464 e. The van der Waals surface area contributed by atoms with Crippen molar-refractivity contribution in [3.05, 3.63) is 89.4 Å². The number of methoxy groups -OCH3 is 1. The number of furan rings is 1. The summed E-state index contributed by atoms with van der Waals surface area (Å²) in [5, 5.41) is 0. The molecule has 1 aromatic heterocycles. The van der Waals surface area contributed by atoms with Crippen molar-refractivity contribution in [2.45, 2.75) is 31.7 Å². The summed E-state index contributed by atoms with van der Waals surface area (Å²) in [7, 11) is -2.37. The van der Waals surface area contributed by atoms with Crippen LogP contribution in [0, 0.1) is 13.8 Å². The van der Waals surface area contributed by atoms with E-state index < -0.39 is 10.0 Å². The fourth-order valence-corrected chi connectivity index (χ4v) is 4.92. The lowest BCUT2D eigenvalue weighted by molar-refractivity contribution is -0.132. The van der Waals surface area contributed by atoms with Gasteiger partial charge in [0.25, 0.3) is 0 Å². The number of nitrogens with zero attached hydrogens (tertiary/aromatic N) is 2. The second-order valence-corrected chi connectivity index (χ2v) is 10.1. The molecular formula is C26H32N2O5S. The monoisotopic (exact) mass is 484 g/mol. The van der Waals surface area contributed by atoms with Gasteiger partial charge >= 0.3 is 0 Å². The van der Waals surface area contributed by atoms with E-state index in [1.54, 1.807) is 29.2 Å². The van der Waals surface area contributed by atoms with Crippen LogP contribution in [0.2, 0.25) is 0 Å². The number of hydrogen-bond donors (Lipinski definition) is 0. The van der Waals surface area contributed by atoms with Gasteiger partial charge in [0.15, 0.2) is 0 Å². The zero-order valence-corrected chi connectivity index (χ0v) is 20.8. The van der Waals surface area contributed by atoms with Gasteiger partial charge in [-0.2, -0.15) is 4.31 Å². The third kappa shape index (κ3) is 7.03. The SMILES string of the molecule is COCCN(CC(=O)N(CCc1ccccc1)Cc1ccc(C)o1)S(=O)(=O)c1ccc(C)cc1. The predicted octanol–water partition coefficient (Wildman–Crippen LogP) is 3.81. The van der Waals surface area contributed by atoms with Crippen LogP contribution in [-0.4, -0.2) is 56.9 Å². The molecule has 0 saturated carbocycles. The molecule has 34 heavy (non-hydrogen) atoms. The lowest BCUT2D eigenvalue weighted by Crippen LogP contribution is -2.44. The van der Waals surface area contributed by atoms with Gasteiger partial charge in [0.05, 0.1) is 24.6 Å². The molecule has 0 unspecified atom stereocenters. The van der Waals surface area contributed by atoms with E-state index in [-0.39, 0.29) is 37.0 Å². The summed E-state index contributed by atoms with van der Waals surface area (Å²) in [5.41, 5.74) is 2.05. The first-order valence-electron chi connectivity index (χ1n) is 11.2. The maximum atomic E-state index is 13.4. The minimum atomic E-state index is -3.87. The smallest absolute Gasteiger partial charge is 0.243 e. The van der Waals surface area contributed by atoms with Crippen LogP contribution in [0.3, 0.4) is 0 Å². The number of rotatable bonds is 12. The molecule has 0 aliphatic rings. The highest BCUT2D eigenvalue weighted by atomic mass is 32.2. The van der Waals surface area contributed by atoms with Crippen LogP contribution in [0.1, 0.15) is 22.6 Å². The molecule has 0 aliphatic carbocycles. The van der Waals surface area contributed by atoms with Crippen molar-refractivity contribution in [2.24, 2.45) is 0 Å². The van der Waals surface area contributed by atoms with Crippen molar-refractivity contribution < 1.29 is 22.4 Å². The Morgan fingerprint density at radius 1 is 0.941 bits per heavy atom. The summed E-state index contributed by atoms with van der Waals surface area (Å²) in [6.45, 7) is 4.41. The van der Waals surface area contributed by atoms with Crippen LogP contribution in [0.4, 0.5) is 0 Å². The fraction of sp³-hybridized carbons (Fsp3) is 0.346. The van der Waals surface area contributed by atoms with E-state index in [1.807, 2.05) is 56.3 Å². The minimum absolute atomic E-state index is 0.0742. The van der Waals surface area contributed by atoms with Gasteiger partial charge in [0.1, 0.15) is 11.5 Å². The van der Waals surface area contributed by atoms with Crippen LogP contribution in [0.15, 0.2) is 76.0 Å². The molecule has 182 valence electrons. The van der Waals surface area contributed by atoms with Crippen LogP contribution < -0.4 is 0 Å². The van der Waals surface area contributed by atoms with Crippen LogP contribution in [0.5, 0.6) is 0 Å². The van der Waals surface area contributed by atoms with Gasteiger partial charge in [-0.3, -0.25) is 4.79 Å². The third-order valence-electron chi connectivity index (χ3n) is 5.52. The molecule has 2 aromatic carbocycles. The number of sulfonamides is 1. The number of carbonyl (C=O) groups excluding carboxylic acids is 1. The first-order valence-corrected chi connectivity index (χ1v) is 12.7. The lowest BCUT2D eigenvalue weighted by atomic mass is 10.1. The lowest BCUT2D eigenvalue weighted by Gasteiger charge is -2.27. The van der Waals surface area contributed by atoms with Crippen molar-refractivity contribution in [3.8, 4) is 0 Å². The van der Waals surface area contributed by atoms with E-state index >= 15 is 0 Å². The molecule has 0 fully saturated rings. The Balaban J connectivity index is 1.81. The van der Waals surface area contributed by atoms with Gasteiger partial charge in [-0.05, 0) is 50.1 Å². The molecule has 1 heterocycles. The van der Waals surface area contributed by atoms with Gasteiger partial charge < -0.3 is 14.1 Å². The quantitative estimate of drug-likeness (QED) is 0.391. The summed E-state index contributed by atoms with van der Waals surface area (Å²) in [4.78, 5) is 15.2. The average molecular weight is 485 g/mol. The summed E-state index contributed by atoms with van der Waals surface area (Å²) in [6.07, 6.45) is 0.648. The number of hydrogen-bond acceptors (Lipinski definition) is 5. The molecule has 0 bridgehead atoms. The molecule has 0 aliphatic heterocycles. The van der Waals surface area contributed by atoms with E-state index in [4.69, 9.17) is 9.15 Å². The number of amides is 1. The van der Waals surface area contributed by atoms with Crippen molar-refractivity contribution >= 4 is 15.9 Å². The second-order valence-electron chi connectivity index (χ2n) is 8.21. The molecule has 7 nitrogen and oxygen atoms in total. The molecule has 0 atom stereocenters. The van der Waals surface area contributed by atoms with Gasteiger partial charge in [0.2, 0.25) is 15.9 Å². The van der Waals surface area contributed by atoms with Crippen molar-refractivity contribution in [3.63, 3.8) is 0 Å². The Hall–Kier alpha value is -2.94. The Kier molecular flexibility index (Phi) is 9.04. The topological polar surface area (TPSA) is 80.1 Å². The summed E-state index contributed by atoms with van der Waals surface area (Å²) in [5.74, 6) is 1.12. The standard InChI is InChI=1S/C26H32N2O5S/c1-21-9-13-25(14-10-21)34(30,31)28(17-18-32-3)20-26(29)27(19-24-12-11-22(2)33-24)16-15-23-7-5-4-6-8-23/h4-14H,15-20H2,1-3H3. The van der Waals surface area contributed by atoms with E-state index in [9.17, 15) is 13.2 Å². The van der Waals surface area contributed by atoms with Gasteiger partial charge in [-0.1, -0.05) is 48.0 Å². The Morgan fingerprint density at radius 3 is 2.26 bits per heavy atom. The van der Waals surface area contributed by atoms with E-state index in [1.165, 1.54) is 11.4 Å². The van der Waals surface area contributed by atoms with E-state index in [0.29, 0.717) is 18.7 Å². The Bertz CT molecular complexity index is 1160. The molecular weight excluding hydrogens is 452 g/mol. The first-order chi connectivity index (χ1) is 16.3. The molecule has 1 amide bonds. The highest BCUT2D eigenvalue weighted by Crippen LogP contribution is 2.18. The normalized spacial score (nSPS) is 11.6. The zero-order valence-electron chi connectivity index (χ0n) is 19.9. The van der Waals surface area contributed by atoms with Crippen LogP contribution in [0.25, 0.3) is 0 Å². The van der Waals surface area contributed by atoms with Gasteiger partial charge in [-0.15, -0.1) is 0 Å². The first kappa shape index (κ1) is 25.7. The number of carbonyl (C=O) groups is 1. The maximum absolute atomic E-state index is 13.4. The highest BCUT2D eigenvalue weighted by molar-refractivity contribution is 7.89. The molecule has 8 heteroatoms. The number of benzene rings is 2. The predicted molar refractivity (Wildman–Crippen MR) is 131 cm³/mol. The summed E-state index contributed by atoms with van der Waals surface area (Å²) < 4.78 is 38.7. The van der Waals surface area contributed by atoms with Crippen LogP contribution >= 0.6 is 0 Å². The number of aryl methyl sites for hydroxylation is 2. The molecule has 0 saturated heterocycles. The molecule has 0 N–H and O–H groups in total. The largest absolute Gasteiger partial charge is 0.464 e. The summed E-state index contributed by atoms with van der Waals surface area (Å²) >= 11 is 0. The van der Waals surface area contributed by atoms with Crippen molar-refractivity contribution in [1.29, 1.82) is 0 Å². The molecule has 0 spiro atoms. The van der Waals surface area contributed by atoms with E-state index in [0.717, 1.165) is 16.9 Å². The van der Waals surface area contributed by atoms with Crippen molar-refractivity contribution in [2.75, 3.05) is 33.4 Å². The Labute approximate surface area is 202 Å². The van der Waals surface area contributed by atoms with Gasteiger partial charge in [-0.25, -0.2) is 8.42 Å². The highest BCUT2D eigenvalue weighted by Gasteiger charge is 2.28. The second kappa shape index (κ2) is 12.0. The van der Waals surface area contributed by atoms with Crippen LogP contribution in [-0.2, 0) is 32.5 Å². The fourth-order valence-electron chi connectivity index (χ4n) is 3.55.